The Morgan fingerprint density at radius 3 is 2.79 bits per heavy atom. The summed E-state index contributed by atoms with van der Waals surface area (Å²) in [6.07, 6.45) is 1.59. The van der Waals surface area contributed by atoms with Crippen LogP contribution in [0.1, 0.15) is 16.9 Å². The van der Waals surface area contributed by atoms with E-state index in [0.717, 1.165) is 17.0 Å². The second-order valence-electron chi connectivity index (χ2n) is 4.53. The highest BCUT2D eigenvalue weighted by Crippen LogP contribution is 2.15. The average molecular weight is 258 g/mol. The summed E-state index contributed by atoms with van der Waals surface area (Å²) in [6, 6.07) is 9.73. The third kappa shape index (κ3) is 3.88. The molecule has 1 aromatic carbocycles. The molecular formula is C15H18N2O2. The number of nitrogens with one attached hydrogen (secondary N) is 2. The van der Waals surface area contributed by atoms with Crippen LogP contribution in [0, 0.1) is 13.8 Å². The Morgan fingerprint density at radius 1 is 1.26 bits per heavy atom. The maximum Gasteiger partial charge on any atom is 0.239 e. The van der Waals surface area contributed by atoms with Gasteiger partial charge in [0.15, 0.2) is 0 Å². The predicted molar refractivity (Wildman–Crippen MR) is 75.0 cm³/mol. The number of carbonyl (C=O) groups is 1. The molecule has 0 saturated heterocycles. The zero-order valence-corrected chi connectivity index (χ0v) is 11.2. The first kappa shape index (κ1) is 13.2. The van der Waals surface area contributed by atoms with Crippen LogP contribution in [0.4, 0.5) is 5.69 Å². The van der Waals surface area contributed by atoms with E-state index in [-0.39, 0.29) is 12.5 Å². The molecule has 2 aromatic rings. The van der Waals surface area contributed by atoms with E-state index >= 15 is 0 Å². The number of benzene rings is 1. The van der Waals surface area contributed by atoms with Gasteiger partial charge < -0.3 is 15.1 Å². The summed E-state index contributed by atoms with van der Waals surface area (Å²) in [5.74, 6) is 0.691. The van der Waals surface area contributed by atoms with Gasteiger partial charge in [-0.2, -0.15) is 0 Å². The molecule has 1 heterocycles. The Bertz CT molecular complexity index is 547. The molecule has 0 atom stereocenters. The van der Waals surface area contributed by atoms with Crippen LogP contribution in [0.2, 0.25) is 0 Å². The molecule has 0 bridgehead atoms. The van der Waals surface area contributed by atoms with E-state index in [9.17, 15) is 4.79 Å². The van der Waals surface area contributed by atoms with E-state index in [0.29, 0.717) is 6.54 Å². The van der Waals surface area contributed by atoms with Crippen molar-refractivity contribution in [3.05, 3.63) is 53.5 Å². The first-order valence-corrected chi connectivity index (χ1v) is 6.25. The standard InChI is InChI=1S/C15H18N2O2/c1-11-5-6-14(12(2)8-11)16-10-15(18)17-9-13-4-3-7-19-13/h3-8,16H,9-10H2,1-2H3,(H,17,18). The van der Waals surface area contributed by atoms with Crippen molar-refractivity contribution in [3.8, 4) is 0 Å². The van der Waals surface area contributed by atoms with E-state index in [1.807, 2.05) is 32.0 Å². The van der Waals surface area contributed by atoms with Gasteiger partial charge in [-0.25, -0.2) is 0 Å². The molecular weight excluding hydrogens is 240 g/mol. The third-order valence-corrected chi connectivity index (χ3v) is 2.86. The summed E-state index contributed by atoms with van der Waals surface area (Å²) in [4.78, 5) is 11.7. The zero-order valence-electron chi connectivity index (χ0n) is 11.2. The van der Waals surface area contributed by atoms with Gasteiger partial charge >= 0.3 is 0 Å². The van der Waals surface area contributed by atoms with Crippen molar-refractivity contribution < 1.29 is 9.21 Å². The van der Waals surface area contributed by atoms with Crippen molar-refractivity contribution >= 4 is 11.6 Å². The molecule has 0 spiro atoms. The van der Waals surface area contributed by atoms with Crippen molar-refractivity contribution in [2.24, 2.45) is 0 Å². The molecule has 0 unspecified atom stereocenters. The molecule has 0 radical (unpaired) electrons. The molecule has 0 aliphatic carbocycles. The predicted octanol–water partition coefficient (Wildman–Crippen LogP) is 2.62. The molecule has 2 N–H and O–H groups in total. The van der Waals surface area contributed by atoms with Gasteiger partial charge in [-0.1, -0.05) is 17.7 Å². The first-order valence-electron chi connectivity index (χ1n) is 6.25. The molecule has 19 heavy (non-hydrogen) atoms. The van der Waals surface area contributed by atoms with Crippen LogP contribution >= 0.6 is 0 Å². The largest absolute Gasteiger partial charge is 0.467 e. The minimum Gasteiger partial charge on any atom is -0.467 e. The van der Waals surface area contributed by atoms with Crippen LogP contribution in [0.25, 0.3) is 0 Å². The monoisotopic (exact) mass is 258 g/mol. The first-order chi connectivity index (χ1) is 9.15. The van der Waals surface area contributed by atoms with Gasteiger partial charge in [0.05, 0.1) is 19.4 Å². The lowest BCUT2D eigenvalue weighted by molar-refractivity contribution is -0.119. The van der Waals surface area contributed by atoms with E-state index in [1.165, 1.54) is 5.56 Å². The van der Waals surface area contributed by atoms with Gasteiger partial charge in [-0.15, -0.1) is 0 Å². The Hall–Kier alpha value is -2.23. The Labute approximate surface area is 112 Å². The minimum atomic E-state index is -0.0589. The van der Waals surface area contributed by atoms with E-state index in [4.69, 9.17) is 4.42 Å². The maximum absolute atomic E-state index is 11.7. The van der Waals surface area contributed by atoms with Gasteiger partial charge in [-0.05, 0) is 37.6 Å². The lowest BCUT2D eigenvalue weighted by Crippen LogP contribution is -2.29. The fourth-order valence-corrected chi connectivity index (χ4v) is 1.85. The average Bonchev–Trinajstić information content (AvgIpc) is 2.88. The maximum atomic E-state index is 11.7. The summed E-state index contributed by atoms with van der Waals surface area (Å²) in [6.45, 7) is 4.74. The number of anilines is 1. The number of rotatable bonds is 5. The number of hydrogen-bond acceptors (Lipinski definition) is 3. The second-order valence-corrected chi connectivity index (χ2v) is 4.53. The molecule has 0 saturated carbocycles. The SMILES string of the molecule is Cc1ccc(NCC(=O)NCc2ccco2)c(C)c1. The normalized spacial score (nSPS) is 10.2. The Kier molecular flexibility index (Phi) is 4.23. The van der Waals surface area contributed by atoms with Crippen LogP contribution in [0.15, 0.2) is 41.0 Å². The summed E-state index contributed by atoms with van der Waals surface area (Å²) >= 11 is 0. The Morgan fingerprint density at radius 2 is 2.11 bits per heavy atom. The highest BCUT2D eigenvalue weighted by molar-refractivity contribution is 5.80. The summed E-state index contributed by atoms with van der Waals surface area (Å²) < 4.78 is 5.14. The molecule has 4 heteroatoms. The van der Waals surface area contributed by atoms with Crippen molar-refractivity contribution in [2.75, 3.05) is 11.9 Å². The summed E-state index contributed by atoms with van der Waals surface area (Å²) in [5.41, 5.74) is 3.34. The molecule has 0 fully saturated rings. The molecule has 1 aromatic heterocycles. The smallest absolute Gasteiger partial charge is 0.239 e. The van der Waals surface area contributed by atoms with Crippen LogP contribution in [0.5, 0.6) is 0 Å². The van der Waals surface area contributed by atoms with Crippen LogP contribution in [-0.2, 0) is 11.3 Å². The zero-order chi connectivity index (χ0) is 13.7. The summed E-state index contributed by atoms with van der Waals surface area (Å²) in [5, 5.41) is 5.92. The number of carbonyl (C=O) groups excluding carboxylic acids is 1. The highest BCUT2D eigenvalue weighted by Gasteiger charge is 2.04. The molecule has 0 aliphatic heterocycles. The number of furan rings is 1. The van der Waals surface area contributed by atoms with Gasteiger partial charge in [0.1, 0.15) is 5.76 Å². The molecule has 2 rings (SSSR count). The van der Waals surface area contributed by atoms with Gasteiger partial charge in [0.25, 0.3) is 0 Å². The third-order valence-electron chi connectivity index (χ3n) is 2.86. The quantitative estimate of drug-likeness (QED) is 0.866. The van der Waals surface area contributed by atoms with Crippen LogP contribution in [0.3, 0.4) is 0 Å². The molecule has 4 nitrogen and oxygen atoms in total. The lowest BCUT2D eigenvalue weighted by Gasteiger charge is -2.10. The van der Waals surface area contributed by atoms with Crippen LogP contribution in [-0.4, -0.2) is 12.5 Å². The van der Waals surface area contributed by atoms with E-state index in [1.54, 1.807) is 12.3 Å². The summed E-state index contributed by atoms with van der Waals surface area (Å²) in [7, 11) is 0. The van der Waals surface area contributed by atoms with Gasteiger partial charge in [0.2, 0.25) is 5.91 Å². The van der Waals surface area contributed by atoms with Crippen molar-refractivity contribution in [2.45, 2.75) is 20.4 Å². The molecule has 100 valence electrons. The van der Waals surface area contributed by atoms with E-state index in [2.05, 4.69) is 16.7 Å². The fraction of sp³-hybridized carbons (Fsp3) is 0.267. The topological polar surface area (TPSA) is 54.3 Å². The van der Waals surface area contributed by atoms with E-state index < -0.39 is 0 Å². The lowest BCUT2D eigenvalue weighted by atomic mass is 10.1. The fourth-order valence-electron chi connectivity index (χ4n) is 1.85. The van der Waals surface area contributed by atoms with Crippen molar-refractivity contribution in [1.82, 2.24) is 5.32 Å². The molecule has 1 amide bonds. The Balaban J connectivity index is 1.80. The second kappa shape index (κ2) is 6.09. The number of hydrogen-bond donors (Lipinski definition) is 2. The van der Waals surface area contributed by atoms with Gasteiger partial charge in [0, 0.05) is 5.69 Å². The van der Waals surface area contributed by atoms with Crippen molar-refractivity contribution in [1.29, 1.82) is 0 Å². The van der Waals surface area contributed by atoms with Gasteiger partial charge in [-0.3, -0.25) is 4.79 Å². The number of amides is 1. The van der Waals surface area contributed by atoms with Crippen molar-refractivity contribution in [3.63, 3.8) is 0 Å². The number of aryl methyl sites for hydroxylation is 2. The highest BCUT2D eigenvalue weighted by atomic mass is 16.3. The van der Waals surface area contributed by atoms with Crippen LogP contribution < -0.4 is 10.6 Å². The molecule has 0 aliphatic rings. The minimum absolute atomic E-state index is 0.0589.